The lowest BCUT2D eigenvalue weighted by Crippen LogP contribution is -2.56. The van der Waals surface area contributed by atoms with Gasteiger partial charge in [0.2, 0.25) is 0 Å². The summed E-state index contributed by atoms with van der Waals surface area (Å²) in [6.45, 7) is 7.34. The Labute approximate surface area is 259 Å². The summed E-state index contributed by atoms with van der Waals surface area (Å²) in [6, 6.07) is 20.5. The Hall–Kier alpha value is -3.37. The molecule has 2 aliphatic heterocycles. The van der Waals surface area contributed by atoms with E-state index in [4.69, 9.17) is 9.47 Å². The molecule has 0 radical (unpaired) electrons. The van der Waals surface area contributed by atoms with Crippen LogP contribution in [-0.4, -0.2) is 28.6 Å². The van der Waals surface area contributed by atoms with Gasteiger partial charge in [0.05, 0.1) is 34.8 Å². The predicted octanol–water partition coefficient (Wildman–Crippen LogP) is 9.09. The van der Waals surface area contributed by atoms with Gasteiger partial charge in [-0.1, -0.05) is 60.7 Å². The van der Waals surface area contributed by atoms with E-state index in [2.05, 4.69) is 4.90 Å². The maximum absolute atomic E-state index is 13.7. The zero-order valence-electron chi connectivity index (χ0n) is 25.6. The predicted molar refractivity (Wildman–Crippen MR) is 157 cm³/mol. The molecule has 2 fully saturated rings. The molecule has 45 heavy (non-hydrogen) atoms. The van der Waals surface area contributed by atoms with Crippen LogP contribution in [0.2, 0.25) is 0 Å². The molecule has 10 heteroatoms. The van der Waals surface area contributed by atoms with Crippen LogP contribution in [0.25, 0.3) is 0 Å². The minimum atomic E-state index is -4.97. The van der Waals surface area contributed by atoms with Crippen molar-refractivity contribution in [2.75, 3.05) is 0 Å². The van der Waals surface area contributed by atoms with E-state index in [1.54, 1.807) is 20.8 Å². The number of benzene rings is 3. The quantitative estimate of drug-likeness (QED) is 0.192. The third-order valence-corrected chi connectivity index (χ3v) is 8.79. The lowest BCUT2D eigenvalue weighted by molar-refractivity contribution is -0.161. The Morgan fingerprint density at radius 1 is 0.867 bits per heavy atom. The molecule has 2 heterocycles. The second-order valence-corrected chi connectivity index (χ2v) is 13.0. The summed E-state index contributed by atoms with van der Waals surface area (Å²) >= 11 is 0. The summed E-state index contributed by atoms with van der Waals surface area (Å²) in [5.41, 5.74) is -2.78. The lowest BCUT2D eigenvalue weighted by atomic mass is 9.78. The van der Waals surface area contributed by atoms with Crippen molar-refractivity contribution in [3.05, 3.63) is 107 Å². The average molecular weight is 634 g/mol. The van der Waals surface area contributed by atoms with Crippen molar-refractivity contribution >= 4 is 5.97 Å². The fourth-order valence-electron chi connectivity index (χ4n) is 6.91. The summed E-state index contributed by atoms with van der Waals surface area (Å²) in [5.74, 6) is -0.868. The van der Waals surface area contributed by atoms with Gasteiger partial charge >= 0.3 is 18.3 Å². The van der Waals surface area contributed by atoms with Crippen molar-refractivity contribution in [2.45, 2.75) is 95.2 Å². The van der Waals surface area contributed by atoms with Crippen LogP contribution in [-0.2, 0) is 38.7 Å². The number of ether oxygens (including phenoxy) is 2. The van der Waals surface area contributed by atoms with E-state index in [0.29, 0.717) is 25.8 Å². The Morgan fingerprint density at radius 3 is 1.96 bits per heavy atom. The van der Waals surface area contributed by atoms with E-state index in [0.717, 1.165) is 23.3 Å². The van der Waals surface area contributed by atoms with E-state index < -0.39 is 52.7 Å². The third kappa shape index (κ3) is 6.92. The van der Waals surface area contributed by atoms with E-state index >= 15 is 0 Å². The number of carbonyl (C=O) groups is 1. The van der Waals surface area contributed by atoms with Crippen LogP contribution in [0, 0.1) is 5.92 Å². The molecule has 0 spiro atoms. The molecule has 0 amide bonds. The molecule has 242 valence electrons. The molecule has 4 nitrogen and oxygen atoms in total. The molecular weight excluding hydrogens is 596 g/mol. The molecular formula is C35H37F6NO3. The number of piperidine rings is 1. The molecule has 5 atom stereocenters. The van der Waals surface area contributed by atoms with Crippen molar-refractivity contribution in [1.29, 1.82) is 0 Å². The molecule has 0 aliphatic carbocycles. The van der Waals surface area contributed by atoms with Crippen LogP contribution in [0.5, 0.6) is 0 Å². The Balaban J connectivity index is 1.60. The number of rotatable bonds is 7. The fraction of sp³-hybridized carbons (Fsp3) is 0.457. The monoisotopic (exact) mass is 633 g/mol. The van der Waals surface area contributed by atoms with Crippen molar-refractivity contribution in [2.24, 2.45) is 5.92 Å². The highest BCUT2D eigenvalue weighted by atomic mass is 19.4. The number of halogens is 6. The molecule has 0 saturated carbocycles. The maximum atomic E-state index is 13.7. The highest BCUT2D eigenvalue weighted by Gasteiger charge is 2.62. The van der Waals surface area contributed by atoms with Gasteiger partial charge in [0, 0.05) is 12.6 Å². The molecule has 2 bridgehead atoms. The third-order valence-electron chi connectivity index (χ3n) is 8.79. The first-order valence-electron chi connectivity index (χ1n) is 15.0. The molecule has 2 aliphatic rings. The maximum Gasteiger partial charge on any atom is 0.416 e. The Morgan fingerprint density at radius 2 is 1.42 bits per heavy atom. The molecule has 3 aromatic rings. The molecule has 1 unspecified atom stereocenters. The van der Waals surface area contributed by atoms with Crippen molar-refractivity contribution in [3.63, 3.8) is 0 Å². The van der Waals surface area contributed by atoms with Crippen LogP contribution in [0.3, 0.4) is 0 Å². The van der Waals surface area contributed by atoms with Gasteiger partial charge in [-0.3, -0.25) is 9.69 Å². The highest BCUT2D eigenvalue weighted by molar-refractivity contribution is 5.75. The minimum Gasteiger partial charge on any atom is -0.460 e. The van der Waals surface area contributed by atoms with E-state index in [1.165, 1.54) is 6.92 Å². The fourth-order valence-corrected chi connectivity index (χ4v) is 6.91. The Kier molecular flexibility index (Phi) is 8.87. The van der Waals surface area contributed by atoms with E-state index in [1.807, 2.05) is 60.7 Å². The largest absolute Gasteiger partial charge is 0.460 e. The number of alkyl halides is 6. The summed E-state index contributed by atoms with van der Waals surface area (Å²) in [5, 5.41) is 0. The van der Waals surface area contributed by atoms with Crippen molar-refractivity contribution in [1.82, 2.24) is 4.90 Å². The second kappa shape index (κ2) is 12.1. The van der Waals surface area contributed by atoms with Gasteiger partial charge in [-0.15, -0.1) is 0 Å². The lowest BCUT2D eigenvalue weighted by Gasteiger charge is -2.50. The van der Waals surface area contributed by atoms with Gasteiger partial charge in [0.15, 0.2) is 0 Å². The molecule has 0 N–H and O–H groups in total. The van der Waals surface area contributed by atoms with E-state index in [-0.39, 0.29) is 23.6 Å². The van der Waals surface area contributed by atoms with Gasteiger partial charge in [0.1, 0.15) is 5.60 Å². The van der Waals surface area contributed by atoms with E-state index in [9.17, 15) is 31.1 Å². The van der Waals surface area contributed by atoms with Gasteiger partial charge in [-0.05, 0) is 81.8 Å². The van der Waals surface area contributed by atoms with Crippen LogP contribution in [0.1, 0.15) is 80.9 Å². The first-order chi connectivity index (χ1) is 21.0. The zero-order valence-corrected chi connectivity index (χ0v) is 25.6. The SMILES string of the molecule is CC(O[C@@H]1CC[C@H]2[C@H](C(=O)OC(C)(C)C)C[C@]1(c1ccccc1)N2Cc1ccccc1)c1cc(C(F)(F)F)cc(C(F)(F)F)c1. The smallest absolute Gasteiger partial charge is 0.416 e. The first-order valence-corrected chi connectivity index (χ1v) is 15.0. The number of nitrogens with zero attached hydrogens (tertiary/aromatic N) is 1. The van der Waals surface area contributed by atoms with Gasteiger partial charge in [0.25, 0.3) is 0 Å². The van der Waals surface area contributed by atoms with Crippen LogP contribution >= 0.6 is 0 Å². The summed E-state index contributed by atoms with van der Waals surface area (Å²) < 4.78 is 94.6. The molecule has 3 aromatic carbocycles. The number of hydrogen-bond acceptors (Lipinski definition) is 4. The van der Waals surface area contributed by atoms with Crippen molar-refractivity contribution < 1.29 is 40.6 Å². The van der Waals surface area contributed by atoms with Crippen LogP contribution in [0.15, 0.2) is 78.9 Å². The van der Waals surface area contributed by atoms with Crippen LogP contribution < -0.4 is 0 Å². The zero-order chi connectivity index (χ0) is 32.8. The topological polar surface area (TPSA) is 38.8 Å². The second-order valence-electron chi connectivity index (χ2n) is 13.0. The molecule has 0 aromatic heterocycles. The molecule has 2 saturated heterocycles. The van der Waals surface area contributed by atoms with Gasteiger partial charge in [-0.2, -0.15) is 26.3 Å². The van der Waals surface area contributed by atoms with Gasteiger partial charge < -0.3 is 9.47 Å². The van der Waals surface area contributed by atoms with Crippen molar-refractivity contribution in [3.8, 4) is 0 Å². The van der Waals surface area contributed by atoms with Crippen LogP contribution in [0.4, 0.5) is 26.3 Å². The summed E-state index contributed by atoms with van der Waals surface area (Å²) in [6.07, 6.45) is -10.4. The first kappa shape index (κ1) is 33.0. The average Bonchev–Trinajstić information content (AvgIpc) is 3.18. The number of fused-ring (bicyclic) bond motifs is 2. The number of hydrogen-bond donors (Lipinski definition) is 0. The highest BCUT2D eigenvalue weighted by Crippen LogP contribution is 2.56. The summed E-state index contributed by atoms with van der Waals surface area (Å²) in [7, 11) is 0. The Bertz CT molecular complexity index is 1450. The standard InChI is InChI=1S/C35H37F6NO3/c1-22(24-17-26(34(36,37)38)19-27(18-24)35(39,40)41)44-30-16-15-29-28(31(43)45-32(2,3)4)20-33(30,25-13-9-6-10-14-25)42(29)21-23-11-7-5-8-12-23/h5-14,17-19,22,28-30H,15-16,20-21H2,1-4H3/t22?,28-,29+,30-,33-/m1/s1. The van der Waals surface area contributed by atoms with Gasteiger partial charge in [-0.25, -0.2) is 0 Å². The molecule has 5 rings (SSSR count). The summed E-state index contributed by atoms with van der Waals surface area (Å²) in [4.78, 5) is 15.9. The number of carbonyl (C=O) groups excluding carboxylic acids is 1. The minimum absolute atomic E-state index is 0.122. The normalized spacial score (nSPS) is 24.8. The number of esters is 1.